The van der Waals surface area contributed by atoms with Gasteiger partial charge in [0.25, 0.3) is 0 Å². The minimum Gasteiger partial charge on any atom is -0.369 e. The van der Waals surface area contributed by atoms with Crippen LogP contribution >= 0.6 is 0 Å². The Labute approximate surface area is 223 Å². The highest BCUT2D eigenvalue weighted by Crippen LogP contribution is 2.32. The number of piperazine rings is 1. The Balaban J connectivity index is 1.28. The molecule has 1 aliphatic heterocycles. The van der Waals surface area contributed by atoms with Gasteiger partial charge in [0.15, 0.2) is 5.65 Å². The van der Waals surface area contributed by atoms with Crippen molar-refractivity contribution in [3.05, 3.63) is 79.3 Å². The van der Waals surface area contributed by atoms with Gasteiger partial charge >= 0.3 is 6.03 Å². The summed E-state index contributed by atoms with van der Waals surface area (Å²) >= 11 is 0. The van der Waals surface area contributed by atoms with Crippen LogP contribution in [0.4, 0.5) is 26.2 Å². The number of aromatic amines is 1. The molecular weight excluding hydrogens is 497 g/mol. The fourth-order valence-electron chi connectivity index (χ4n) is 4.69. The van der Waals surface area contributed by atoms with Crippen molar-refractivity contribution < 1.29 is 9.18 Å². The molecule has 0 aliphatic carbocycles. The molecule has 0 spiro atoms. The molecule has 1 saturated heterocycles. The maximum Gasteiger partial charge on any atom is 0.323 e. The van der Waals surface area contributed by atoms with Crippen LogP contribution in [0.15, 0.2) is 73.4 Å². The zero-order valence-electron chi connectivity index (χ0n) is 21.2. The molecule has 39 heavy (non-hydrogen) atoms. The first-order chi connectivity index (χ1) is 19.0. The molecule has 0 unspecified atom stereocenters. The van der Waals surface area contributed by atoms with Crippen molar-refractivity contribution in [2.24, 2.45) is 0 Å². The van der Waals surface area contributed by atoms with E-state index in [4.69, 9.17) is 0 Å². The van der Waals surface area contributed by atoms with E-state index < -0.39 is 11.8 Å². The van der Waals surface area contributed by atoms with Gasteiger partial charge in [-0.1, -0.05) is 12.1 Å². The zero-order chi connectivity index (χ0) is 26.8. The summed E-state index contributed by atoms with van der Waals surface area (Å²) in [5.74, 6) is -0.502. The summed E-state index contributed by atoms with van der Waals surface area (Å²) in [6.07, 6.45) is 6.09. The number of hydrogen-bond donors (Lipinski definition) is 3. The number of urea groups is 1. The first-order valence-corrected chi connectivity index (χ1v) is 12.5. The third-order valence-corrected chi connectivity index (χ3v) is 6.72. The van der Waals surface area contributed by atoms with Gasteiger partial charge in [0, 0.05) is 60.3 Å². The molecule has 2 aromatic carbocycles. The van der Waals surface area contributed by atoms with Crippen LogP contribution in [0.1, 0.15) is 0 Å². The molecule has 11 heteroatoms. The second-order valence-corrected chi connectivity index (χ2v) is 9.47. The van der Waals surface area contributed by atoms with Crippen molar-refractivity contribution in [1.82, 2.24) is 30.0 Å². The largest absolute Gasteiger partial charge is 0.369 e. The number of nitrogens with zero attached hydrogens (tertiary/aromatic N) is 6. The molecule has 4 heterocycles. The molecule has 0 radical (unpaired) electrons. The van der Waals surface area contributed by atoms with E-state index in [0.717, 1.165) is 42.7 Å². The number of fused-ring (bicyclic) bond motifs is 1. The Morgan fingerprint density at radius 3 is 2.51 bits per heavy atom. The van der Waals surface area contributed by atoms with Crippen molar-refractivity contribution in [3.8, 4) is 22.4 Å². The lowest BCUT2D eigenvalue weighted by molar-refractivity contribution is 0.262. The number of carbonyl (C=O) groups excluding carboxylic acids is 1. The average molecular weight is 524 g/mol. The molecule has 3 aromatic heterocycles. The summed E-state index contributed by atoms with van der Waals surface area (Å²) in [7, 11) is 2.14. The van der Waals surface area contributed by atoms with Crippen molar-refractivity contribution >= 4 is 34.1 Å². The second kappa shape index (κ2) is 10.5. The number of hydrogen-bond acceptors (Lipinski definition) is 7. The van der Waals surface area contributed by atoms with E-state index in [1.54, 1.807) is 12.3 Å². The minimum absolute atomic E-state index is 0.283. The first-order valence-electron chi connectivity index (χ1n) is 12.5. The molecule has 1 aliphatic rings. The van der Waals surface area contributed by atoms with Gasteiger partial charge in [-0.25, -0.2) is 24.1 Å². The maximum atomic E-state index is 14.6. The lowest BCUT2D eigenvalue weighted by atomic mass is 10.0. The number of carbonyl (C=O) groups is 1. The molecule has 2 amide bonds. The first kappa shape index (κ1) is 24.4. The Hall–Kier alpha value is -4.90. The van der Waals surface area contributed by atoms with E-state index in [1.807, 2.05) is 6.07 Å². The molecular formula is C28H26FN9O. The summed E-state index contributed by atoms with van der Waals surface area (Å²) in [4.78, 5) is 29.4. The monoisotopic (exact) mass is 523 g/mol. The summed E-state index contributed by atoms with van der Waals surface area (Å²) in [5, 5.41) is 13.3. The molecule has 0 bridgehead atoms. The van der Waals surface area contributed by atoms with E-state index in [0.29, 0.717) is 22.6 Å². The number of anilines is 3. The number of likely N-dealkylation sites (N-methyl/N-ethyl adjacent to an activating group) is 1. The quantitative estimate of drug-likeness (QED) is 0.308. The molecule has 10 nitrogen and oxygen atoms in total. The average Bonchev–Trinajstić information content (AvgIpc) is 3.37. The van der Waals surface area contributed by atoms with Crippen molar-refractivity contribution in [2.75, 3.05) is 48.8 Å². The fraction of sp³-hybridized carbons (Fsp3) is 0.179. The predicted octanol–water partition coefficient (Wildman–Crippen LogP) is 4.62. The van der Waals surface area contributed by atoms with Crippen LogP contribution in [-0.2, 0) is 0 Å². The van der Waals surface area contributed by atoms with Gasteiger partial charge in [-0.3, -0.25) is 5.10 Å². The minimum atomic E-state index is -0.542. The lowest BCUT2D eigenvalue weighted by Gasteiger charge is -2.34. The van der Waals surface area contributed by atoms with Gasteiger partial charge in [0.05, 0.1) is 23.8 Å². The molecule has 0 atom stereocenters. The Morgan fingerprint density at radius 2 is 1.69 bits per heavy atom. The number of benzene rings is 2. The molecule has 6 rings (SSSR count). The molecule has 3 N–H and O–H groups in total. The number of amides is 2. The predicted molar refractivity (Wildman–Crippen MR) is 149 cm³/mol. The zero-order valence-corrected chi connectivity index (χ0v) is 21.2. The number of aromatic nitrogens is 5. The third kappa shape index (κ3) is 5.39. The highest BCUT2D eigenvalue weighted by atomic mass is 19.1. The van der Waals surface area contributed by atoms with Crippen LogP contribution in [-0.4, -0.2) is 69.3 Å². The smallest absolute Gasteiger partial charge is 0.323 e. The van der Waals surface area contributed by atoms with E-state index in [2.05, 4.69) is 76.9 Å². The molecule has 0 saturated carbocycles. The molecule has 196 valence electrons. The topological polar surface area (TPSA) is 115 Å². The Kier molecular flexibility index (Phi) is 6.55. The van der Waals surface area contributed by atoms with Crippen LogP contribution in [0.2, 0.25) is 0 Å². The van der Waals surface area contributed by atoms with Gasteiger partial charge in [0.1, 0.15) is 12.1 Å². The van der Waals surface area contributed by atoms with Crippen molar-refractivity contribution in [3.63, 3.8) is 0 Å². The van der Waals surface area contributed by atoms with Gasteiger partial charge in [0.2, 0.25) is 0 Å². The second-order valence-electron chi connectivity index (χ2n) is 9.47. The van der Waals surface area contributed by atoms with Crippen LogP contribution < -0.4 is 15.5 Å². The highest BCUT2D eigenvalue weighted by molar-refractivity contribution is 6.00. The number of rotatable bonds is 5. The Morgan fingerprint density at radius 1 is 0.897 bits per heavy atom. The summed E-state index contributed by atoms with van der Waals surface area (Å²) < 4.78 is 14.6. The van der Waals surface area contributed by atoms with E-state index in [-0.39, 0.29) is 5.69 Å². The van der Waals surface area contributed by atoms with Crippen LogP contribution in [0.25, 0.3) is 33.4 Å². The summed E-state index contributed by atoms with van der Waals surface area (Å²) in [6.45, 7) is 4.03. The number of halogens is 1. The summed E-state index contributed by atoms with van der Waals surface area (Å²) in [5.41, 5.74) is 5.50. The van der Waals surface area contributed by atoms with Gasteiger partial charge in [-0.05, 0) is 49.0 Å². The third-order valence-electron chi connectivity index (χ3n) is 6.72. The SMILES string of the molecule is CN1CCN(c2cccc(-c3cnc4n[nH]c(-c5cc(F)cc(NC(=O)Nc6cncnc6)c5)c4c3)c2)CC1. The fourth-order valence-corrected chi connectivity index (χ4v) is 4.69. The van der Waals surface area contributed by atoms with Gasteiger partial charge in [-0.2, -0.15) is 5.10 Å². The van der Waals surface area contributed by atoms with Crippen LogP contribution in [0.3, 0.4) is 0 Å². The molecule has 1 fully saturated rings. The maximum absolute atomic E-state index is 14.6. The van der Waals surface area contributed by atoms with E-state index >= 15 is 0 Å². The van der Waals surface area contributed by atoms with Crippen molar-refractivity contribution in [1.29, 1.82) is 0 Å². The highest BCUT2D eigenvalue weighted by Gasteiger charge is 2.16. The molecule has 5 aromatic rings. The standard InChI is InChI=1S/C28H26FN9O/c1-37-5-7-38(8-6-37)24-4-2-3-18(11-24)20-12-25-26(35-36-27(25)32-14-20)19-9-21(29)13-22(10-19)33-28(39)34-23-15-30-17-31-16-23/h2-4,9-17H,5-8H2,1H3,(H,32,35,36)(H2,33,34,39). The van der Waals surface area contributed by atoms with Gasteiger partial charge < -0.3 is 20.4 Å². The van der Waals surface area contributed by atoms with E-state index in [9.17, 15) is 9.18 Å². The Bertz CT molecular complexity index is 1630. The summed E-state index contributed by atoms with van der Waals surface area (Å²) in [6, 6.07) is 14.2. The van der Waals surface area contributed by atoms with Gasteiger partial charge in [-0.15, -0.1) is 0 Å². The van der Waals surface area contributed by atoms with Crippen LogP contribution in [0, 0.1) is 5.82 Å². The number of pyridine rings is 1. The number of H-pyrrole nitrogens is 1. The number of nitrogens with one attached hydrogen (secondary N) is 3. The van der Waals surface area contributed by atoms with E-state index in [1.165, 1.54) is 36.5 Å². The van der Waals surface area contributed by atoms with Crippen LogP contribution in [0.5, 0.6) is 0 Å². The lowest BCUT2D eigenvalue weighted by Crippen LogP contribution is -2.44. The van der Waals surface area contributed by atoms with Crippen molar-refractivity contribution in [2.45, 2.75) is 0 Å². The normalized spacial score (nSPS) is 13.9.